The van der Waals surface area contributed by atoms with Crippen molar-refractivity contribution in [2.75, 3.05) is 0 Å². The van der Waals surface area contributed by atoms with Crippen LogP contribution in [-0.2, 0) is 0 Å². The van der Waals surface area contributed by atoms with Gasteiger partial charge in [-0.15, -0.1) is 0 Å². The fourth-order valence-electron chi connectivity index (χ4n) is 1.93. The summed E-state index contributed by atoms with van der Waals surface area (Å²) in [5, 5.41) is 9.38. The van der Waals surface area contributed by atoms with Crippen molar-refractivity contribution in [1.29, 1.82) is 0 Å². The smallest absolute Gasteiger partial charge is 0.0583 e. The Morgan fingerprint density at radius 1 is 1.18 bits per heavy atom. The van der Waals surface area contributed by atoms with E-state index in [2.05, 4.69) is 12.2 Å². The van der Waals surface area contributed by atoms with Crippen molar-refractivity contribution in [1.82, 2.24) is 0 Å². The fourth-order valence-corrected chi connectivity index (χ4v) is 1.93. The highest BCUT2D eigenvalue weighted by Gasteiger charge is 2.19. The molecule has 1 heteroatoms. The molecule has 0 aliphatic heterocycles. The van der Waals surface area contributed by atoms with Crippen molar-refractivity contribution in [3.63, 3.8) is 0 Å². The predicted molar refractivity (Wildman–Crippen MR) is 45.3 cm³/mol. The number of rotatable bonds is 0. The zero-order valence-corrected chi connectivity index (χ0v) is 6.71. The van der Waals surface area contributed by atoms with Gasteiger partial charge in [0.2, 0.25) is 0 Å². The highest BCUT2D eigenvalue weighted by atomic mass is 16.3. The van der Waals surface area contributed by atoms with Crippen LogP contribution in [0.15, 0.2) is 23.3 Å². The van der Waals surface area contributed by atoms with Crippen LogP contribution in [0.4, 0.5) is 0 Å². The van der Waals surface area contributed by atoms with Gasteiger partial charge in [-0.3, -0.25) is 0 Å². The van der Waals surface area contributed by atoms with Crippen LogP contribution in [0.2, 0.25) is 0 Å². The summed E-state index contributed by atoms with van der Waals surface area (Å²) in [6, 6.07) is 0. The minimum absolute atomic E-state index is 0.0727. The Morgan fingerprint density at radius 2 is 1.91 bits per heavy atom. The first kappa shape index (κ1) is 7.11. The summed E-state index contributed by atoms with van der Waals surface area (Å²) in [4.78, 5) is 0. The molecule has 1 N–H and O–H groups in total. The van der Waals surface area contributed by atoms with Gasteiger partial charge < -0.3 is 5.11 Å². The topological polar surface area (TPSA) is 20.2 Å². The number of aliphatic hydroxyl groups excluding tert-OH is 1. The van der Waals surface area contributed by atoms with Crippen LogP contribution in [-0.4, -0.2) is 11.2 Å². The van der Waals surface area contributed by atoms with E-state index >= 15 is 0 Å². The van der Waals surface area contributed by atoms with Crippen LogP contribution in [0.25, 0.3) is 0 Å². The molecule has 1 unspecified atom stereocenters. The third kappa shape index (κ3) is 1.38. The Labute approximate surface area is 67.4 Å². The minimum atomic E-state index is -0.0727. The Hall–Kier alpha value is -0.560. The molecule has 2 aliphatic carbocycles. The molecule has 0 aromatic heterocycles. The van der Waals surface area contributed by atoms with Crippen LogP contribution in [0.5, 0.6) is 0 Å². The van der Waals surface area contributed by atoms with E-state index in [0.717, 1.165) is 19.3 Å². The van der Waals surface area contributed by atoms with Gasteiger partial charge in [-0.05, 0) is 43.3 Å². The van der Waals surface area contributed by atoms with Crippen LogP contribution in [0, 0.1) is 0 Å². The number of fused-ring (bicyclic) bond motifs is 1. The maximum atomic E-state index is 9.38. The van der Waals surface area contributed by atoms with Crippen molar-refractivity contribution in [3.05, 3.63) is 23.3 Å². The van der Waals surface area contributed by atoms with Gasteiger partial charge in [0.1, 0.15) is 0 Å². The van der Waals surface area contributed by atoms with Crippen molar-refractivity contribution in [3.8, 4) is 0 Å². The molecular formula is C10H14O. The van der Waals surface area contributed by atoms with Crippen LogP contribution < -0.4 is 0 Å². The van der Waals surface area contributed by atoms with Gasteiger partial charge >= 0.3 is 0 Å². The molecule has 60 valence electrons. The molecule has 2 rings (SSSR count). The lowest BCUT2D eigenvalue weighted by atomic mass is 9.84. The van der Waals surface area contributed by atoms with Gasteiger partial charge in [-0.1, -0.05) is 12.2 Å². The van der Waals surface area contributed by atoms with E-state index in [9.17, 15) is 5.11 Å². The first-order valence-corrected chi connectivity index (χ1v) is 4.43. The third-order valence-electron chi connectivity index (χ3n) is 2.56. The molecule has 0 aromatic carbocycles. The molecule has 0 saturated heterocycles. The van der Waals surface area contributed by atoms with Gasteiger partial charge in [0.15, 0.2) is 0 Å². The van der Waals surface area contributed by atoms with E-state index in [0.29, 0.717) is 0 Å². The predicted octanol–water partition coefficient (Wildman–Crippen LogP) is 2.18. The minimum Gasteiger partial charge on any atom is -0.393 e. The highest BCUT2D eigenvalue weighted by Crippen LogP contribution is 2.32. The maximum absolute atomic E-state index is 9.38. The van der Waals surface area contributed by atoms with E-state index in [1.165, 1.54) is 24.0 Å². The second kappa shape index (κ2) is 2.82. The van der Waals surface area contributed by atoms with Gasteiger partial charge in [0, 0.05) is 0 Å². The summed E-state index contributed by atoms with van der Waals surface area (Å²) in [5.74, 6) is 0. The third-order valence-corrected chi connectivity index (χ3v) is 2.56. The van der Waals surface area contributed by atoms with Crippen molar-refractivity contribution >= 4 is 0 Å². The molecule has 0 amide bonds. The lowest BCUT2D eigenvalue weighted by molar-refractivity contribution is 0.157. The quantitative estimate of drug-likeness (QED) is 0.561. The van der Waals surface area contributed by atoms with Gasteiger partial charge in [0.05, 0.1) is 6.10 Å². The summed E-state index contributed by atoms with van der Waals surface area (Å²) in [5.41, 5.74) is 2.91. The summed E-state index contributed by atoms with van der Waals surface area (Å²) >= 11 is 0. The molecule has 1 saturated carbocycles. The number of aliphatic hydroxyl groups is 1. The number of hydrogen-bond acceptors (Lipinski definition) is 1. The Morgan fingerprint density at radius 3 is 2.73 bits per heavy atom. The van der Waals surface area contributed by atoms with Crippen molar-refractivity contribution in [2.24, 2.45) is 0 Å². The molecule has 0 spiro atoms. The second-order valence-electron chi connectivity index (χ2n) is 3.43. The van der Waals surface area contributed by atoms with Gasteiger partial charge in [-0.2, -0.15) is 0 Å². The van der Waals surface area contributed by atoms with Gasteiger partial charge in [-0.25, -0.2) is 0 Å². The molecule has 11 heavy (non-hydrogen) atoms. The van der Waals surface area contributed by atoms with Crippen LogP contribution in [0.1, 0.15) is 32.1 Å². The molecule has 1 fully saturated rings. The largest absolute Gasteiger partial charge is 0.393 e. The lowest BCUT2D eigenvalue weighted by Gasteiger charge is -2.25. The SMILES string of the molecule is OC1CCC2=CCCC=C2C1. The molecule has 2 aliphatic rings. The summed E-state index contributed by atoms with van der Waals surface area (Å²) in [6.07, 6.45) is 9.87. The molecule has 0 radical (unpaired) electrons. The molecule has 0 aromatic rings. The highest BCUT2D eigenvalue weighted by molar-refractivity contribution is 5.35. The van der Waals surface area contributed by atoms with Crippen molar-refractivity contribution in [2.45, 2.75) is 38.2 Å². The molecular weight excluding hydrogens is 136 g/mol. The van der Waals surface area contributed by atoms with Crippen LogP contribution >= 0.6 is 0 Å². The molecule has 1 nitrogen and oxygen atoms in total. The van der Waals surface area contributed by atoms with Crippen molar-refractivity contribution < 1.29 is 5.11 Å². The van der Waals surface area contributed by atoms with E-state index in [-0.39, 0.29) is 6.10 Å². The Balaban J connectivity index is 2.16. The summed E-state index contributed by atoms with van der Waals surface area (Å²) in [7, 11) is 0. The molecule has 0 heterocycles. The number of hydrogen-bond donors (Lipinski definition) is 1. The first-order valence-electron chi connectivity index (χ1n) is 4.43. The Bertz CT molecular complexity index is 213. The number of allylic oxidation sites excluding steroid dienone is 3. The zero-order valence-electron chi connectivity index (χ0n) is 6.71. The van der Waals surface area contributed by atoms with E-state index in [1.54, 1.807) is 0 Å². The first-order chi connectivity index (χ1) is 5.36. The second-order valence-corrected chi connectivity index (χ2v) is 3.43. The lowest BCUT2D eigenvalue weighted by Crippen LogP contribution is -2.16. The van der Waals surface area contributed by atoms with E-state index in [1.807, 2.05) is 0 Å². The monoisotopic (exact) mass is 150 g/mol. The zero-order chi connectivity index (χ0) is 7.68. The summed E-state index contributed by atoms with van der Waals surface area (Å²) < 4.78 is 0. The standard InChI is InChI=1S/C10H14O/c11-10-6-5-8-3-1-2-4-9(8)7-10/h3-4,10-11H,1-2,5-7H2. The van der Waals surface area contributed by atoms with E-state index < -0.39 is 0 Å². The maximum Gasteiger partial charge on any atom is 0.0583 e. The Kier molecular flexibility index (Phi) is 1.82. The molecule has 1 atom stereocenters. The molecule has 0 bridgehead atoms. The average Bonchev–Trinajstić information content (AvgIpc) is 2.04. The normalized spacial score (nSPS) is 30.5. The fraction of sp³-hybridized carbons (Fsp3) is 0.600. The van der Waals surface area contributed by atoms with E-state index in [4.69, 9.17) is 0 Å². The summed E-state index contributed by atoms with van der Waals surface area (Å²) in [6.45, 7) is 0. The van der Waals surface area contributed by atoms with Gasteiger partial charge in [0.25, 0.3) is 0 Å². The average molecular weight is 150 g/mol. The van der Waals surface area contributed by atoms with Crippen LogP contribution in [0.3, 0.4) is 0 Å².